The summed E-state index contributed by atoms with van der Waals surface area (Å²) in [5.74, 6) is 5.87. The second-order valence-electron chi connectivity index (χ2n) is 2.68. The molecule has 0 amide bonds. The second-order valence-corrected chi connectivity index (χ2v) is 2.68. The molecule has 0 saturated heterocycles. The van der Waals surface area contributed by atoms with Crippen LogP contribution in [0, 0.1) is 11.8 Å². The largest absolute Gasteiger partial charge is 0.248 e. The molecular weight excluding hydrogens is 426 g/mol. The predicted molar refractivity (Wildman–Crippen MR) is 82.5 cm³/mol. The van der Waals surface area contributed by atoms with Gasteiger partial charge in [-0.05, 0) is 36.1 Å². The van der Waals surface area contributed by atoms with E-state index in [0.29, 0.717) is 0 Å². The Morgan fingerprint density at radius 2 is 1.19 bits per heavy atom. The molecule has 4 heteroatoms. The molecule has 2 aromatic rings. The number of hydrogen-bond acceptors (Lipinski definition) is 2. The molecule has 0 fully saturated rings. The van der Waals surface area contributed by atoms with Crippen LogP contribution in [0.2, 0.25) is 0 Å². The molecule has 0 bridgehead atoms. The molecule has 2 rings (SSSR count). The van der Waals surface area contributed by atoms with Gasteiger partial charge in [-0.25, -0.2) is 9.97 Å². The molecule has 0 aliphatic carbocycles. The molecule has 0 saturated carbocycles. The van der Waals surface area contributed by atoms with Gasteiger partial charge in [-0.1, -0.05) is 12.1 Å². The SMILES string of the molecule is C(#Cc1ccccn1)c1ccccn1.II. The molecule has 0 unspecified atom stereocenters. The summed E-state index contributed by atoms with van der Waals surface area (Å²) in [6.07, 6.45) is 3.45. The Kier molecular flexibility index (Phi) is 7.09. The number of aromatic nitrogens is 2. The summed E-state index contributed by atoms with van der Waals surface area (Å²) >= 11 is 4.24. The average molecular weight is 434 g/mol. The molecule has 0 radical (unpaired) electrons. The first-order valence-corrected chi connectivity index (χ1v) is 10.7. The van der Waals surface area contributed by atoms with Gasteiger partial charge in [-0.2, -0.15) is 0 Å². The molecule has 2 heterocycles. The van der Waals surface area contributed by atoms with Crippen LogP contribution in [0.4, 0.5) is 0 Å². The summed E-state index contributed by atoms with van der Waals surface area (Å²) in [5, 5.41) is 0. The van der Waals surface area contributed by atoms with Crippen molar-refractivity contribution >= 4 is 37.2 Å². The van der Waals surface area contributed by atoms with Gasteiger partial charge in [-0.3, -0.25) is 0 Å². The van der Waals surface area contributed by atoms with Crippen LogP contribution in [0.3, 0.4) is 0 Å². The summed E-state index contributed by atoms with van der Waals surface area (Å²) in [7, 11) is 0. The highest BCUT2D eigenvalue weighted by atomic mass is 128. The van der Waals surface area contributed by atoms with E-state index in [1.807, 2.05) is 36.4 Å². The van der Waals surface area contributed by atoms with E-state index in [0.717, 1.165) is 11.4 Å². The molecule has 0 aromatic carbocycles. The van der Waals surface area contributed by atoms with Gasteiger partial charge < -0.3 is 0 Å². The van der Waals surface area contributed by atoms with Crippen molar-refractivity contribution in [2.24, 2.45) is 0 Å². The Labute approximate surface area is 118 Å². The minimum Gasteiger partial charge on any atom is -0.248 e. The fraction of sp³-hybridized carbons (Fsp3) is 0. The first kappa shape index (κ1) is 13.4. The standard InChI is InChI=1S/C12H8N2.I2/c1-3-9-13-11(5-1)7-8-12-6-2-4-10-14-12;1-2/h1-6,9-10H;. The lowest BCUT2D eigenvalue weighted by Crippen LogP contribution is -1.81. The Hall–Kier alpha value is -0.680. The van der Waals surface area contributed by atoms with Crippen LogP contribution >= 0.6 is 37.2 Å². The van der Waals surface area contributed by atoms with Crippen molar-refractivity contribution in [1.29, 1.82) is 0 Å². The van der Waals surface area contributed by atoms with E-state index in [4.69, 9.17) is 0 Å². The summed E-state index contributed by atoms with van der Waals surface area (Å²) in [4.78, 5) is 8.18. The Morgan fingerprint density at radius 1 is 0.750 bits per heavy atom. The number of rotatable bonds is 0. The van der Waals surface area contributed by atoms with Crippen molar-refractivity contribution in [1.82, 2.24) is 9.97 Å². The summed E-state index contributed by atoms with van der Waals surface area (Å²) in [6.45, 7) is 0. The Morgan fingerprint density at radius 3 is 1.50 bits per heavy atom. The maximum Gasteiger partial charge on any atom is 0.113 e. The third-order valence-corrected chi connectivity index (χ3v) is 1.65. The van der Waals surface area contributed by atoms with Gasteiger partial charge in [0.2, 0.25) is 0 Å². The fourth-order valence-corrected chi connectivity index (χ4v) is 1.00. The summed E-state index contributed by atoms with van der Waals surface area (Å²) in [5.41, 5.74) is 1.52. The monoisotopic (exact) mass is 434 g/mol. The minimum atomic E-state index is 0.762. The first-order chi connectivity index (χ1) is 7.95. The average Bonchev–Trinajstić information content (AvgIpc) is 2.41. The van der Waals surface area contributed by atoms with Crippen LogP contribution in [0.1, 0.15) is 11.4 Å². The highest BCUT2D eigenvalue weighted by molar-refractivity contribution is 15.0. The lowest BCUT2D eigenvalue weighted by molar-refractivity contribution is 1.27. The Balaban J connectivity index is 0.000000606. The van der Waals surface area contributed by atoms with E-state index >= 15 is 0 Å². The smallest absolute Gasteiger partial charge is 0.113 e. The summed E-state index contributed by atoms with van der Waals surface area (Å²) in [6, 6.07) is 11.3. The van der Waals surface area contributed by atoms with Crippen molar-refractivity contribution in [2.75, 3.05) is 0 Å². The van der Waals surface area contributed by atoms with Gasteiger partial charge in [0, 0.05) is 49.6 Å². The molecule has 16 heavy (non-hydrogen) atoms. The van der Waals surface area contributed by atoms with Gasteiger partial charge in [0.15, 0.2) is 0 Å². The zero-order valence-corrected chi connectivity index (χ0v) is 12.6. The third kappa shape index (κ3) is 4.90. The van der Waals surface area contributed by atoms with E-state index in [2.05, 4.69) is 59.0 Å². The van der Waals surface area contributed by atoms with Crippen molar-refractivity contribution in [3.8, 4) is 11.8 Å². The normalized spacial score (nSPS) is 8.12. The first-order valence-electron chi connectivity index (χ1n) is 4.43. The molecule has 80 valence electrons. The number of pyridine rings is 2. The topological polar surface area (TPSA) is 25.8 Å². The van der Waals surface area contributed by atoms with Crippen LogP contribution < -0.4 is 0 Å². The maximum absolute atomic E-state index is 4.09. The zero-order chi connectivity index (χ0) is 11.6. The van der Waals surface area contributed by atoms with E-state index < -0.39 is 0 Å². The Bertz CT molecular complexity index is 417. The van der Waals surface area contributed by atoms with E-state index in [-0.39, 0.29) is 0 Å². The molecule has 0 aliphatic rings. The highest BCUT2D eigenvalue weighted by Crippen LogP contribution is 1.93. The van der Waals surface area contributed by atoms with Crippen LogP contribution in [-0.4, -0.2) is 9.97 Å². The van der Waals surface area contributed by atoms with Crippen molar-refractivity contribution in [3.05, 3.63) is 60.2 Å². The molecule has 0 spiro atoms. The minimum absolute atomic E-state index is 0.762. The highest BCUT2D eigenvalue weighted by Gasteiger charge is 1.85. The van der Waals surface area contributed by atoms with Crippen molar-refractivity contribution < 1.29 is 0 Å². The zero-order valence-electron chi connectivity index (χ0n) is 8.27. The van der Waals surface area contributed by atoms with Crippen LogP contribution in [0.25, 0.3) is 0 Å². The lowest BCUT2D eigenvalue weighted by atomic mass is 10.3. The maximum atomic E-state index is 4.09. The van der Waals surface area contributed by atoms with Crippen LogP contribution in [0.15, 0.2) is 48.8 Å². The fourth-order valence-electron chi connectivity index (χ4n) is 1.00. The van der Waals surface area contributed by atoms with Gasteiger partial charge >= 0.3 is 0 Å². The van der Waals surface area contributed by atoms with Gasteiger partial charge in [0.25, 0.3) is 0 Å². The summed E-state index contributed by atoms with van der Waals surface area (Å²) < 4.78 is 0. The number of nitrogens with zero attached hydrogens (tertiary/aromatic N) is 2. The van der Waals surface area contributed by atoms with Crippen LogP contribution in [0.5, 0.6) is 0 Å². The van der Waals surface area contributed by atoms with Gasteiger partial charge in [0.1, 0.15) is 11.4 Å². The van der Waals surface area contributed by atoms with Gasteiger partial charge in [-0.15, -0.1) is 0 Å². The molecule has 2 nitrogen and oxygen atoms in total. The second kappa shape index (κ2) is 8.47. The molecular formula is C12H8I2N2. The molecule has 0 N–H and O–H groups in total. The third-order valence-electron chi connectivity index (χ3n) is 1.65. The molecule has 0 aliphatic heterocycles. The van der Waals surface area contributed by atoms with Crippen molar-refractivity contribution in [3.63, 3.8) is 0 Å². The quantitative estimate of drug-likeness (QED) is 0.468. The van der Waals surface area contributed by atoms with E-state index in [1.54, 1.807) is 12.4 Å². The molecule has 2 aromatic heterocycles. The van der Waals surface area contributed by atoms with Crippen molar-refractivity contribution in [2.45, 2.75) is 0 Å². The lowest BCUT2D eigenvalue weighted by Gasteiger charge is -1.87. The number of hydrogen-bond donors (Lipinski definition) is 0. The number of halogens is 2. The van der Waals surface area contributed by atoms with E-state index in [9.17, 15) is 0 Å². The molecule has 0 atom stereocenters. The van der Waals surface area contributed by atoms with Gasteiger partial charge in [0.05, 0.1) is 0 Å². The van der Waals surface area contributed by atoms with Crippen LogP contribution in [-0.2, 0) is 0 Å². The van der Waals surface area contributed by atoms with E-state index in [1.165, 1.54) is 0 Å². The predicted octanol–water partition coefficient (Wildman–Crippen LogP) is 3.65.